The summed E-state index contributed by atoms with van der Waals surface area (Å²) in [6.07, 6.45) is 2.48. The van der Waals surface area contributed by atoms with Crippen LogP contribution in [0, 0.1) is 6.92 Å². The van der Waals surface area contributed by atoms with Gasteiger partial charge >= 0.3 is 0 Å². The predicted octanol–water partition coefficient (Wildman–Crippen LogP) is 1.92. The van der Waals surface area contributed by atoms with Crippen molar-refractivity contribution in [2.45, 2.75) is 32.9 Å². The number of hydrogen-bond acceptors (Lipinski definition) is 4. The summed E-state index contributed by atoms with van der Waals surface area (Å²) in [6.45, 7) is 5.55. The SMILES string of the molecule is Cc1nnnn1-c1ccc(CC(=O)N2CCn3cccc3[C@@H]2C)cc1. The minimum Gasteiger partial charge on any atom is -0.348 e. The van der Waals surface area contributed by atoms with E-state index in [1.807, 2.05) is 42.2 Å². The average Bonchev–Trinajstić information content (AvgIpc) is 3.25. The van der Waals surface area contributed by atoms with Crippen LogP contribution in [-0.4, -0.2) is 42.1 Å². The number of carbonyl (C=O) groups is 1. The number of carbonyl (C=O) groups excluding carboxylic acids is 1. The molecule has 2 aromatic heterocycles. The van der Waals surface area contributed by atoms with Crippen LogP contribution in [0.1, 0.15) is 30.0 Å². The minimum atomic E-state index is 0.111. The summed E-state index contributed by atoms with van der Waals surface area (Å²) < 4.78 is 3.89. The molecule has 0 radical (unpaired) electrons. The van der Waals surface area contributed by atoms with Gasteiger partial charge in [0.25, 0.3) is 0 Å². The summed E-state index contributed by atoms with van der Waals surface area (Å²) in [4.78, 5) is 14.7. The Bertz CT molecular complexity index is 894. The van der Waals surface area contributed by atoms with Gasteiger partial charge in [-0.25, -0.2) is 0 Å². The molecule has 0 saturated carbocycles. The highest BCUT2D eigenvalue weighted by atomic mass is 16.2. The second kappa shape index (κ2) is 6.16. The average molecular weight is 336 g/mol. The molecule has 0 unspecified atom stereocenters. The second-order valence-electron chi connectivity index (χ2n) is 6.37. The molecule has 0 bridgehead atoms. The lowest BCUT2D eigenvalue weighted by molar-refractivity contribution is -0.133. The summed E-state index contributed by atoms with van der Waals surface area (Å²) in [7, 11) is 0. The van der Waals surface area contributed by atoms with Gasteiger partial charge in [0.2, 0.25) is 5.91 Å². The Morgan fingerprint density at radius 2 is 2.00 bits per heavy atom. The summed E-state index contributed by atoms with van der Waals surface area (Å²) in [5.74, 6) is 0.889. The van der Waals surface area contributed by atoms with Crippen molar-refractivity contribution in [1.29, 1.82) is 0 Å². The molecule has 1 aliphatic rings. The Morgan fingerprint density at radius 1 is 1.20 bits per heavy atom. The van der Waals surface area contributed by atoms with Gasteiger partial charge in [0.05, 0.1) is 18.2 Å². The molecule has 0 aliphatic carbocycles. The number of benzene rings is 1. The first kappa shape index (κ1) is 15.6. The van der Waals surface area contributed by atoms with E-state index in [-0.39, 0.29) is 11.9 Å². The quantitative estimate of drug-likeness (QED) is 0.733. The number of hydrogen-bond donors (Lipinski definition) is 0. The van der Waals surface area contributed by atoms with E-state index >= 15 is 0 Å². The lowest BCUT2D eigenvalue weighted by atomic mass is 10.1. The Balaban J connectivity index is 1.47. The second-order valence-corrected chi connectivity index (χ2v) is 6.37. The lowest BCUT2D eigenvalue weighted by Gasteiger charge is -2.35. The van der Waals surface area contributed by atoms with Crippen LogP contribution in [0.2, 0.25) is 0 Å². The molecule has 1 aromatic carbocycles. The van der Waals surface area contributed by atoms with E-state index in [9.17, 15) is 4.79 Å². The van der Waals surface area contributed by atoms with Gasteiger partial charge in [0, 0.05) is 25.0 Å². The van der Waals surface area contributed by atoms with Gasteiger partial charge in [-0.3, -0.25) is 4.79 Å². The third-order valence-electron chi connectivity index (χ3n) is 4.82. The zero-order valence-electron chi connectivity index (χ0n) is 14.3. The Morgan fingerprint density at radius 3 is 2.72 bits per heavy atom. The first-order valence-corrected chi connectivity index (χ1v) is 8.42. The molecule has 1 atom stereocenters. The highest BCUT2D eigenvalue weighted by molar-refractivity contribution is 5.79. The van der Waals surface area contributed by atoms with Gasteiger partial charge in [0.15, 0.2) is 5.82 Å². The van der Waals surface area contributed by atoms with Crippen LogP contribution in [0.15, 0.2) is 42.6 Å². The third kappa shape index (κ3) is 2.82. The van der Waals surface area contributed by atoms with Crippen molar-refractivity contribution in [2.24, 2.45) is 0 Å². The standard InChI is InChI=1S/C18H20N6O/c1-13-17-4-3-9-22(17)10-11-23(13)18(25)12-15-5-7-16(8-6-15)24-14(2)19-20-21-24/h3-9,13H,10-12H2,1-2H3/t13-/m0/s1. The number of nitrogens with zero attached hydrogens (tertiary/aromatic N) is 6. The number of fused-ring (bicyclic) bond motifs is 1. The fourth-order valence-corrected chi connectivity index (χ4v) is 3.42. The van der Waals surface area contributed by atoms with Crippen LogP contribution >= 0.6 is 0 Å². The van der Waals surface area contributed by atoms with Crippen molar-refractivity contribution < 1.29 is 4.79 Å². The molecular weight excluding hydrogens is 316 g/mol. The number of tetrazole rings is 1. The smallest absolute Gasteiger partial charge is 0.227 e. The zero-order chi connectivity index (χ0) is 17.4. The molecule has 3 aromatic rings. The molecular formula is C18H20N6O. The topological polar surface area (TPSA) is 68.8 Å². The van der Waals surface area contributed by atoms with Gasteiger partial charge in [0.1, 0.15) is 0 Å². The van der Waals surface area contributed by atoms with E-state index in [1.54, 1.807) is 4.68 Å². The normalized spacial score (nSPS) is 16.7. The molecule has 1 amide bonds. The highest BCUT2D eigenvalue weighted by Gasteiger charge is 2.27. The van der Waals surface area contributed by atoms with E-state index in [1.165, 1.54) is 5.69 Å². The van der Waals surface area contributed by atoms with Crippen LogP contribution in [0.3, 0.4) is 0 Å². The molecule has 3 heterocycles. The summed E-state index contributed by atoms with van der Waals surface area (Å²) >= 11 is 0. The largest absolute Gasteiger partial charge is 0.348 e. The van der Waals surface area contributed by atoms with E-state index in [4.69, 9.17) is 0 Å². The fourth-order valence-electron chi connectivity index (χ4n) is 3.42. The maximum Gasteiger partial charge on any atom is 0.227 e. The van der Waals surface area contributed by atoms with Crippen molar-refractivity contribution in [3.05, 3.63) is 59.7 Å². The number of aryl methyl sites for hydroxylation is 1. The Kier molecular flexibility index (Phi) is 3.83. The first-order valence-electron chi connectivity index (χ1n) is 8.42. The molecule has 0 fully saturated rings. The van der Waals surface area contributed by atoms with E-state index in [2.05, 4.69) is 39.3 Å². The Labute approximate surface area is 145 Å². The van der Waals surface area contributed by atoms with Crippen LogP contribution in [0.25, 0.3) is 5.69 Å². The van der Waals surface area contributed by atoms with E-state index in [0.29, 0.717) is 6.42 Å². The maximum atomic E-state index is 12.8. The maximum absolute atomic E-state index is 12.8. The molecule has 7 nitrogen and oxygen atoms in total. The molecule has 1 aliphatic heterocycles. The molecule has 25 heavy (non-hydrogen) atoms. The molecule has 0 saturated heterocycles. The Hall–Kier alpha value is -2.96. The monoisotopic (exact) mass is 336 g/mol. The van der Waals surface area contributed by atoms with Gasteiger partial charge in [-0.1, -0.05) is 12.1 Å². The van der Waals surface area contributed by atoms with Crippen molar-refractivity contribution in [3.8, 4) is 5.69 Å². The van der Waals surface area contributed by atoms with Gasteiger partial charge in [-0.2, -0.15) is 4.68 Å². The van der Waals surface area contributed by atoms with Crippen LogP contribution < -0.4 is 0 Å². The number of rotatable bonds is 3. The summed E-state index contributed by atoms with van der Waals surface area (Å²) in [5.41, 5.74) is 3.08. The molecule has 4 rings (SSSR count). The highest BCUT2D eigenvalue weighted by Crippen LogP contribution is 2.26. The van der Waals surface area contributed by atoms with E-state index in [0.717, 1.165) is 30.2 Å². The van der Waals surface area contributed by atoms with Gasteiger partial charge in [-0.15, -0.1) is 5.10 Å². The predicted molar refractivity (Wildman–Crippen MR) is 92.2 cm³/mol. The zero-order valence-corrected chi connectivity index (χ0v) is 14.3. The van der Waals surface area contributed by atoms with Crippen molar-refractivity contribution in [3.63, 3.8) is 0 Å². The molecule has 7 heteroatoms. The molecule has 128 valence electrons. The summed E-state index contributed by atoms with van der Waals surface area (Å²) in [5, 5.41) is 11.5. The van der Waals surface area contributed by atoms with Gasteiger partial charge < -0.3 is 9.47 Å². The third-order valence-corrected chi connectivity index (χ3v) is 4.82. The van der Waals surface area contributed by atoms with Crippen molar-refractivity contribution in [2.75, 3.05) is 6.54 Å². The van der Waals surface area contributed by atoms with Crippen LogP contribution in [0.4, 0.5) is 0 Å². The minimum absolute atomic E-state index is 0.111. The lowest BCUT2D eigenvalue weighted by Crippen LogP contribution is -2.41. The van der Waals surface area contributed by atoms with Crippen molar-refractivity contribution in [1.82, 2.24) is 29.7 Å². The van der Waals surface area contributed by atoms with Crippen LogP contribution in [0.5, 0.6) is 0 Å². The summed E-state index contributed by atoms with van der Waals surface area (Å²) in [6, 6.07) is 12.1. The number of aromatic nitrogens is 5. The van der Waals surface area contributed by atoms with E-state index < -0.39 is 0 Å². The van der Waals surface area contributed by atoms with Gasteiger partial charge in [-0.05, 0) is 54.1 Å². The fraction of sp³-hybridized carbons (Fsp3) is 0.333. The van der Waals surface area contributed by atoms with Crippen molar-refractivity contribution >= 4 is 5.91 Å². The first-order chi connectivity index (χ1) is 12.1. The number of amides is 1. The van der Waals surface area contributed by atoms with Crippen LogP contribution in [-0.2, 0) is 17.8 Å². The molecule has 0 spiro atoms. The molecule has 0 N–H and O–H groups in total.